The van der Waals surface area contributed by atoms with Crippen LogP contribution in [0.3, 0.4) is 0 Å². The van der Waals surface area contributed by atoms with E-state index in [0.29, 0.717) is 6.42 Å². The highest BCUT2D eigenvalue weighted by atomic mass is 16.4. The number of aliphatic carboxylic acids is 2. The average Bonchev–Trinajstić information content (AvgIpc) is 2.51. The molecule has 6 nitrogen and oxygen atoms in total. The Kier molecular flexibility index (Phi) is 11.9. The fraction of sp³-hybridized carbons (Fsp3) is 0.824. The average molecular weight is 330 g/mol. The number of unbranched alkanes of at least 4 members (excludes halogenated alkanes) is 8. The zero-order chi connectivity index (χ0) is 18.4. The van der Waals surface area contributed by atoms with Crippen molar-refractivity contribution in [3.05, 3.63) is 0 Å². The van der Waals surface area contributed by atoms with Gasteiger partial charge >= 0.3 is 11.9 Å². The summed E-state index contributed by atoms with van der Waals surface area (Å²) in [7, 11) is 0. The van der Waals surface area contributed by atoms with Crippen molar-refractivity contribution in [1.29, 1.82) is 0 Å². The fourth-order valence-corrected chi connectivity index (χ4v) is 2.28. The van der Waals surface area contributed by atoms with Crippen molar-refractivity contribution >= 4 is 17.8 Å². The van der Waals surface area contributed by atoms with E-state index in [1.165, 1.54) is 32.1 Å². The smallest absolute Gasteiger partial charge is 0.326 e. The molecule has 3 N–H and O–H groups in total. The van der Waals surface area contributed by atoms with Crippen LogP contribution in [0.4, 0.5) is 0 Å². The Bertz CT molecular complexity index is 402. The minimum Gasteiger partial charge on any atom is -0.481 e. The molecule has 0 radical (unpaired) electrons. The van der Waals surface area contributed by atoms with Gasteiger partial charge in [0.15, 0.2) is 0 Å². The first-order valence-electron chi connectivity index (χ1n) is 9.08. The van der Waals surface area contributed by atoms with Crippen LogP contribution in [0.2, 0.25) is 0 Å². The molecule has 0 aliphatic heterocycles. The van der Waals surface area contributed by atoms with Gasteiger partial charge in [0.05, 0.1) is 1.37 Å². The van der Waals surface area contributed by atoms with Crippen LogP contribution in [0.1, 0.15) is 85.3 Å². The topological polar surface area (TPSA) is 104 Å². The number of hydrogen-bond donors (Lipinski definition) is 3. The van der Waals surface area contributed by atoms with Crippen molar-refractivity contribution in [1.82, 2.24) is 5.32 Å². The van der Waals surface area contributed by atoms with E-state index < -0.39 is 36.7 Å². The molecule has 6 heteroatoms. The number of carbonyl (C=O) groups excluding carboxylic acids is 1. The maximum Gasteiger partial charge on any atom is 0.326 e. The highest BCUT2D eigenvalue weighted by Crippen LogP contribution is 2.10. The van der Waals surface area contributed by atoms with Crippen LogP contribution in [0, 0.1) is 0 Å². The fourth-order valence-electron chi connectivity index (χ4n) is 2.28. The minimum atomic E-state index is -2.27. The van der Waals surface area contributed by atoms with Crippen LogP contribution in [-0.4, -0.2) is 34.1 Å². The highest BCUT2D eigenvalue weighted by molar-refractivity contribution is 5.83. The lowest BCUT2D eigenvalue weighted by molar-refractivity contribution is -0.143. The Morgan fingerprint density at radius 2 is 1.43 bits per heavy atom. The van der Waals surface area contributed by atoms with Gasteiger partial charge in [0.1, 0.15) is 6.02 Å². The molecule has 0 spiro atoms. The molecule has 0 aromatic rings. The van der Waals surface area contributed by atoms with Crippen LogP contribution in [0.15, 0.2) is 0 Å². The molecule has 0 aliphatic carbocycles. The number of amides is 1. The van der Waals surface area contributed by atoms with E-state index in [9.17, 15) is 14.4 Å². The SMILES string of the molecule is [2H][C@@](CCC(=O)O)(NC(=O)CCCCCCCCCCC)C(=O)O. The molecule has 0 heterocycles. The third-order valence-corrected chi connectivity index (χ3v) is 3.64. The molecule has 0 aromatic heterocycles. The first-order valence-corrected chi connectivity index (χ1v) is 8.58. The lowest BCUT2D eigenvalue weighted by Crippen LogP contribution is -2.41. The van der Waals surface area contributed by atoms with Gasteiger partial charge in [-0.05, 0) is 12.8 Å². The Morgan fingerprint density at radius 1 is 0.913 bits per heavy atom. The van der Waals surface area contributed by atoms with Gasteiger partial charge in [0, 0.05) is 12.8 Å². The van der Waals surface area contributed by atoms with E-state index in [1.807, 2.05) is 0 Å². The van der Waals surface area contributed by atoms with Crippen LogP contribution in [0.25, 0.3) is 0 Å². The molecule has 0 unspecified atom stereocenters. The normalized spacial score (nSPS) is 13.9. The second kappa shape index (κ2) is 14.0. The predicted molar refractivity (Wildman–Crippen MR) is 88.3 cm³/mol. The Morgan fingerprint density at radius 3 is 1.91 bits per heavy atom. The van der Waals surface area contributed by atoms with E-state index >= 15 is 0 Å². The first kappa shape index (κ1) is 19.5. The van der Waals surface area contributed by atoms with Gasteiger partial charge in [-0.2, -0.15) is 0 Å². The van der Waals surface area contributed by atoms with E-state index in [1.54, 1.807) is 0 Å². The van der Waals surface area contributed by atoms with E-state index in [0.717, 1.165) is 19.3 Å². The molecule has 0 aromatic carbocycles. The van der Waals surface area contributed by atoms with Gasteiger partial charge in [0.2, 0.25) is 5.91 Å². The quantitative estimate of drug-likeness (QED) is 0.399. The maximum absolute atomic E-state index is 11.8. The van der Waals surface area contributed by atoms with Crippen LogP contribution < -0.4 is 5.32 Å². The highest BCUT2D eigenvalue weighted by Gasteiger charge is 2.20. The van der Waals surface area contributed by atoms with Gasteiger partial charge in [0.25, 0.3) is 0 Å². The van der Waals surface area contributed by atoms with Gasteiger partial charge in [-0.25, -0.2) is 4.79 Å². The Labute approximate surface area is 140 Å². The molecular formula is C17H31NO5. The maximum atomic E-state index is 11.8. The van der Waals surface area contributed by atoms with Gasteiger partial charge in [-0.3, -0.25) is 9.59 Å². The zero-order valence-corrected chi connectivity index (χ0v) is 14.1. The van der Waals surface area contributed by atoms with Crippen molar-refractivity contribution < 1.29 is 26.0 Å². The lowest BCUT2D eigenvalue weighted by Gasteiger charge is -2.13. The molecule has 0 saturated heterocycles. The largest absolute Gasteiger partial charge is 0.481 e. The van der Waals surface area contributed by atoms with Crippen molar-refractivity contribution in [2.45, 2.75) is 90.0 Å². The molecule has 0 saturated carbocycles. The second-order valence-corrected chi connectivity index (χ2v) is 5.80. The molecule has 23 heavy (non-hydrogen) atoms. The van der Waals surface area contributed by atoms with E-state index in [-0.39, 0.29) is 6.42 Å². The third-order valence-electron chi connectivity index (χ3n) is 3.64. The summed E-state index contributed by atoms with van der Waals surface area (Å²) in [6.07, 6.45) is 9.20. The number of carboxylic acid groups (broad SMARTS) is 2. The van der Waals surface area contributed by atoms with Crippen molar-refractivity contribution in [3.63, 3.8) is 0 Å². The summed E-state index contributed by atoms with van der Waals surface area (Å²) in [6.45, 7) is 2.18. The zero-order valence-electron chi connectivity index (χ0n) is 15.1. The molecular weight excluding hydrogens is 298 g/mol. The van der Waals surface area contributed by atoms with Crippen LogP contribution in [0.5, 0.6) is 0 Å². The molecule has 0 bridgehead atoms. The number of rotatable bonds is 15. The number of carbonyl (C=O) groups is 3. The van der Waals surface area contributed by atoms with Crippen molar-refractivity contribution in [2.24, 2.45) is 0 Å². The number of hydrogen-bond acceptors (Lipinski definition) is 3. The molecule has 1 amide bonds. The third kappa shape index (κ3) is 13.8. The summed E-state index contributed by atoms with van der Waals surface area (Å²) < 4.78 is 7.73. The van der Waals surface area contributed by atoms with E-state index in [2.05, 4.69) is 12.2 Å². The first-order chi connectivity index (χ1) is 11.3. The van der Waals surface area contributed by atoms with Crippen molar-refractivity contribution in [3.8, 4) is 0 Å². The molecule has 0 fully saturated rings. The lowest BCUT2D eigenvalue weighted by atomic mass is 10.1. The van der Waals surface area contributed by atoms with Gasteiger partial charge in [-0.15, -0.1) is 0 Å². The minimum absolute atomic E-state index is 0.164. The monoisotopic (exact) mass is 330 g/mol. The van der Waals surface area contributed by atoms with Gasteiger partial charge < -0.3 is 15.5 Å². The summed E-state index contributed by atoms with van der Waals surface area (Å²) in [5, 5.41) is 19.8. The van der Waals surface area contributed by atoms with Crippen LogP contribution >= 0.6 is 0 Å². The standard InChI is InChI=1S/C17H31NO5/c1-2-3-4-5-6-7-8-9-10-11-15(19)18-14(17(22)23)12-13-16(20)21/h14H,2-13H2,1H3,(H,18,19)(H,20,21)(H,22,23)/t14-/m0/s1/i14D. The molecule has 0 rings (SSSR count). The summed E-state index contributed by atoms with van der Waals surface area (Å²) in [6, 6.07) is -2.27. The summed E-state index contributed by atoms with van der Waals surface area (Å²) in [4.78, 5) is 33.4. The summed E-state index contributed by atoms with van der Waals surface area (Å²) >= 11 is 0. The van der Waals surface area contributed by atoms with Gasteiger partial charge in [-0.1, -0.05) is 58.3 Å². The number of carboxylic acids is 2. The molecule has 0 aliphatic rings. The summed E-state index contributed by atoms with van der Waals surface area (Å²) in [5.74, 6) is -3.24. The Balaban J connectivity index is 3.89. The second-order valence-electron chi connectivity index (χ2n) is 5.80. The van der Waals surface area contributed by atoms with Crippen LogP contribution in [-0.2, 0) is 14.4 Å². The predicted octanol–water partition coefficient (Wildman–Crippen LogP) is 3.34. The number of nitrogens with one attached hydrogen (secondary N) is 1. The Hall–Kier alpha value is -1.59. The molecule has 134 valence electrons. The van der Waals surface area contributed by atoms with E-state index in [4.69, 9.17) is 11.6 Å². The van der Waals surface area contributed by atoms with Crippen molar-refractivity contribution in [2.75, 3.05) is 0 Å². The molecule has 1 atom stereocenters. The summed E-state index contributed by atoms with van der Waals surface area (Å²) in [5.41, 5.74) is 0.